The summed E-state index contributed by atoms with van der Waals surface area (Å²) in [6, 6.07) is 1.55. The zero-order chi connectivity index (χ0) is 12.3. The van der Waals surface area contributed by atoms with Gasteiger partial charge < -0.3 is 10.4 Å². The Morgan fingerprint density at radius 3 is 2.31 bits per heavy atom. The van der Waals surface area contributed by atoms with Crippen LogP contribution in [0.5, 0.6) is 0 Å². The number of carbonyl (C=O) groups excluding carboxylic acids is 1. The Morgan fingerprint density at radius 1 is 1.31 bits per heavy atom. The zero-order valence-electron chi connectivity index (χ0n) is 7.58. The van der Waals surface area contributed by atoms with Gasteiger partial charge in [0.25, 0.3) is 0 Å². The Hall–Kier alpha value is -2.12. The largest absolute Gasteiger partial charge is 0.474 e. The Bertz CT molecular complexity index is 414. The fourth-order valence-electron chi connectivity index (χ4n) is 0.820. The number of nitrogens with zero attached hydrogens (tertiary/aromatic N) is 1. The smallest absolute Gasteiger partial charge is 0.433 e. The van der Waals surface area contributed by atoms with E-state index in [1.807, 2.05) is 5.32 Å². The third-order valence-corrected chi connectivity index (χ3v) is 1.51. The van der Waals surface area contributed by atoms with Crippen LogP contribution in [-0.4, -0.2) is 22.0 Å². The molecular weight excluding hydrogens is 229 g/mol. The van der Waals surface area contributed by atoms with E-state index >= 15 is 0 Å². The molecule has 0 fully saturated rings. The Balaban J connectivity index is 2.80. The molecule has 0 bridgehead atoms. The Morgan fingerprint density at radius 2 is 1.94 bits per heavy atom. The molecule has 2 N–H and O–H groups in total. The maximum Gasteiger partial charge on any atom is 0.433 e. The first-order valence-electron chi connectivity index (χ1n) is 3.88. The number of carbonyl (C=O) groups is 2. The third kappa shape index (κ3) is 2.94. The summed E-state index contributed by atoms with van der Waals surface area (Å²) in [5.41, 5.74) is -1.25. The number of carboxylic acid groups (broad SMARTS) is 1. The highest BCUT2D eigenvalue weighted by atomic mass is 19.4. The van der Waals surface area contributed by atoms with Crippen molar-refractivity contribution in [2.75, 3.05) is 5.32 Å². The van der Waals surface area contributed by atoms with E-state index in [4.69, 9.17) is 5.11 Å². The Labute approximate surface area is 86.9 Å². The lowest BCUT2D eigenvalue weighted by atomic mass is 10.3. The van der Waals surface area contributed by atoms with Crippen molar-refractivity contribution in [2.24, 2.45) is 0 Å². The van der Waals surface area contributed by atoms with Crippen molar-refractivity contribution in [3.8, 4) is 0 Å². The van der Waals surface area contributed by atoms with Gasteiger partial charge in [0, 0.05) is 0 Å². The molecule has 1 heterocycles. The molecule has 0 radical (unpaired) electrons. The quantitative estimate of drug-likeness (QED) is 0.713. The van der Waals surface area contributed by atoms with Crippen molar-refractivity contribution >= 4 is 17.6 Å². The second kappa shape index (κ2) is 4.17. The number of aromatic nitrogens is 1. The number of nitrogens with one attached hydrogen (secondary N) is 1. The predicted octanol–water partition coefficient (Wildman–Crippen LogP) is 1.12. The maximum atomic E-state index is 12.1. The van der Waals surface area contributed by atoms with Gasteiger partial charge in [-0.05, 0) is 12.1 Å². The summed E-state index contributed by atoms with van der Waals surface area (Å²) in [6.07, 6.45) is -3.85. The summed E-state index contributed by atoms with van der Waals surface area (Å²) in [5, 5.41) is 10.1. The lowest BCUT2D eigenvalue weighted by Crippen LogP contribution is -2.22. The number of pyridine rings is 1. The number of halogens is 3. The van der Waals surface area contributed by atoms with E-state index in [1.165, 1.54) is 0 Å². The summed E-state index contributed by atoms with van der Waals surface area (Å²) in [4.78, 5) is 23.8. The average Bonchev–Trinajstić information content (AvgIpc) is 2.17. The lowest BCUT2D eigenvalue weighted by Gasteiger charge is -2.06. The summed E-state index contributed by atoms with van der Waals surface area (Å²) in [5.74, 6) is -3.08. The Kier molecular flexibility index (Phi) is 3.11. The normalized spacial score (nSPS) is 10.9. The first-order valence-corrected chi connectivity index (χ1v) is 3.88. The van der Waals surface area contributed by atoms with Crippen LogP contribution in [0.1, 0.15) is 5.69 Å². The van der Waals surface area contributed by atoms with Gasteiger partial charge in [-0.25, -0.2) is 9.78 Å². The first kappa shape index (κ1) is 12.0. The van der Waals surface area contributed by atoms with Crippen molar-refractivity contribution in [2.45, 2.75) is 6.18 Å². The summed E-state index contributed by atoms with van der Waals surface area (Å²) >= 11 is 0. The van der Waals surface area contributed by atoms with Crippen molar-refractivity contribution in [3.05, 3.63) is 24.0 Å². The minimum Gasteiger partial charge on any atom is -0.474 e. The molecule has 0 aliphatic rings. The van der Waals surface area contributed by atoms with Crippen LogP contribution < -0.4 is 5.32 Å². The van der Waals surface area contributed by atoms with Crippen LogP contribution in [0.2, 0.25) is 0 Å². The number of aliphatic carboxylic acids is 1. The van der Waals surface area contributed by atoms with Gasteiger partial charge >= 0.3 is 18.1 Å². The summed E-state index contributed by atoms with van der Waals surface area (Å²) in [6.45, 7) is 0. The number of anilines is 1. The third-order valence-electron chi connectivity index (χ3n) is 1.51. The molecule has 0 saturated heterocycles. The van der Waals surface area contributed by atoms with E-state index in [-0.39, 0.29) is 5.69 Å². The number of hydrogen-bond acceptors (Lipinski definition) is 3. The van der Waals surface area contributed by atoms with Gasteiger partial charge in [-0.2, -0.15) is 13.2 Å². The molecule has 5 nitrogen and oxygen atoms in total. The highest BCUT2D eigenvalue weighted by molar-refractivity contribution is 6.36. The standard InChI is InChI=1S/C8H5F3N2O3/c9-8(10,11)5-2-1-4(3-12-5)13-6(14)7(15)16/h1-3H,(H,13,14)(H,15,16). The van der Waals surface area contributed by atoms with E-state index in [1.54, 1.807) is 0 Å². The second-order valence-electron chi connectivity index (χ2n) is 2.69. The molecular formula is C8H5F3N2O3. The molecule has 0 unspecified atom stereocenters. The number of hydrogen-bond donors (Lipinski definition) is 2. The van der Waals surface area contributed by atoms with Crippen LogP contribution in [0.3, 0.4) is 0 Å². The SMILES string of the molecule is O=C(O)C(=O)Nc1ccc(C(F)(F)F)nc1. The van der Waals surface area contributed by atoms with E-state index in [0.717, 1.165) is 12.3 Å². The molecule has 0 aliphatic carbocycles. The summed E-state index contributed by atoms with van der Waals surface area (Å²) < 4.78 is 36.2. The van der Waals surface area contributed by atoms with Gasteiger partial charge in [-0.1, -0.05) is 0 Å². The van der Waals surface area contributed by atoms with Crippen LogP contribution >= 0.6 is 0 Å². The number of carboxylic acids is 1. The molecule has 16 heavy (non-hydrogen) atoms. The van der Waals surface area contributed by atoms with E-state index in [2.05, 4.69) is 4.98 Å². The van der Waals surface area contributed by atoms with Gasteiger partial charge in [0.05, 0.1) is 11.9 Å². The predicted molar refractivity (Wildman–Crippen MR) is 45.5 cm³/mol. The van der Waals surface area contributed by atoms with Crippen molar-refractivity contribution in [1.29, 1.82) is 0 Å². The monoisotopic (exact) mass is 234 g/mol. The van der Waals surface area contributed by atoms with Crippen LogP contribution in [-0.2, 0) is 15.8 Å². The van der Waals surface area contributed by atoms with Crippen LogP contribution in [0.15, 0.2) is 18.3 Å². The fourth-order valence-corrected chi connectivity index (χ4v) is 0.820. The fraction of sp³-hybridized carbons (Fsp3) is 0.125. The van der Waals surface area contributed by atoms with Gasteiger partial charge in [-0.15, -0.1) is 0 Å². The van der Waals surface area contributed by atoms with E-state index in [9.17, 15) is 22.8 Å². The number of rotatable bonds is 1. The molecule has 0 saturated carbocycles. The van der Waals surface area contributed by atoms with E-state index < -0.39 is 23.7 Å². The molecule has 0 spiro atoms. The number of amides is 1. The second-order valence-corrected chi connectivity index (χ2v) is 2.69. The zero-order valence-corrected chi connectivity index (χ0v) is 7.58. The summed E-state index contributed by atoms with van der Waals surface area (Å²) in [7, 11) is 0. The van der Waals surface area contributed by atoms with Gasteiger partial charge in [0.2, 0.25) is 0 Å². The minimum absolute atomic E-state index is 0.125. The van der Waals surface area contributed by atoms with E-state index in [0.29, 0.717) is 6.07 Å². The topological polar surface area (TPSA) is 79.3 Å². The molecule has 8 heteroatoms. The molecule has 1 amide bonds. The van der Waals surface area contributed by atoms with Crippen molar-refractivity contribution < 1.29 is 27.9 Å². The van der Waals surface area contributed by atoms with Crippen molar-refractivity contribution in [3.63, 3.8) is 0 Å². The molecule has 86 valence electrons. The maximum absolute atomic E-state index is 12.1. The minimum atomic E-state index is -4.57. The number of alkyl halides is 3. The van der Waals surface area contributed by atoms with Crippen molar-refractivity contribution in [1.82, 2.24) is 4.98 Å². The lowest BCUT2D eigenvalue weighted by molar-refractivity contribution is -0.147. The molecule has 0 aliphatic heterocycles. The highest BCUT2D eigenvalue weighted by Gasteiger charge is 2.32. The molecule has 1 aromatic heterocycles. The van der Waals surface area contributed by atoms with Crippen LogP contribution in [0, 0.1) is 0 Å². The average molecular weight is 234 g/mol. The highest BCUT2D eigenvalue weighted by Crippen LogP contribution is 2.27. The van der Waals surface area contributed by atoms with Gasteiger partial charge in [0.1, 0.15) is 5.69 Å². The molecule has 0 aromatic carbocycles. The van der Waals surface area contributed by atoms with Crippen LogP contribution in [0.4, 0.5) is 18.9 Å². The van der Waals surface area contributed by atoms with Gasteiger partial charge in [-0.3, -0.25) is 4.79 Å². The molecule has 0 atom stereocenters. The molecule has 1 aromatic rings. The first-order chi connectivity index (χ1) is 7.30. The van der Waals surface area contributed by atoms with Gasteiger partial charge in [0.15, 0.2) is 0 Å². The van der Waals surface area contributed by atoms with Crippen LogP contribution in [0.25, 0.3) is 0 Å². The molecule has 1 rings (SSSR count).